The second-order valence-corrected chi connectivity index (χ2v) is 4.27. The van der Waals surface area contributed by atoms with Gasteiger partial charge in [0.2, 0.25) is 11.8 Å². The highest BCUT2D eigenvalue weighted by Crippen LogP contribution is 2.07. The van der Waals surface area contributed by atoms with Crippen molar-refractivity contribution < 1.29 is 9.59 Å². The number of hydrogen-bond donors (Lipinski definition) is 2. The fourth-order valence-electron chi connectivity index (χ4n) is 1.58. The molecular weight excluding hydrogens is 230 g/mol. The molecule has 0 radical (unpaired) electrons. The van der Waals surface area contributed by atoms with Crippen LogP contribution in [0, 0.1) is 0 Å². The molecule has 2 amide bonds. The molecule has 5 heteroatoms. The number of carbonyl (C=O) groups is 2. The highest BCUT2D eigenvalue weighted by atomic mass is 16.2. The van der Waals surface area contributed by atoms with Crippen molar-refractivity contribution in [3.05, 3.63) is 35.4 Å². The maximum atomic E-state index is 11.8. The quantitative estimate of drug-likeness (QED) is 0.795. The zero-order chi connectivity index (χ0) is 13.7. The summed E-state index contributed by atoms with van der Waals surface area (Å²) in [5.74, 6) is -0.546. The number of primary amides is 1. The summed E-state index contributed by atoms with van der Waals surface area (Å²) in [5.41, 5.74) is 12.2. The predicted octanol–water partition coefficient (Wildman–Crippen LogP) is 0.481. The van der Waals surface area contributed by atoms with Gasteiger partial charge in [-0.1, -0.05) is 19.1 Å². The van der Waals surface area contributed by atoms with E-state index in [2.05, 4.69) is 0 Å². The Morgan fingerprint density at radius 1 is 1.28 bits per heavy atom. The first-order valence-corrected chi connectivity index (χ1v) is 5.85. The first-order chi connectivity index (χ1) is 8.45. The van der Waals surface area contributed by atoms with E-state index in [-0.39, 0.29) is 5.91 Å². The van der Waals surface area contributed by atoms with Gasteiger partial charge in [-0.05, 0) is 24.1 Å². The van der Waals surface area contributed by atoms with Gasteiger partial charge in [-0.3, -0.25) is 9.59 Å². The number of carbonyl (C=O) groups excluding carboxylic acids is 2. The molecule has 0 aliphatic rings. The Labute approximate surface area is 107 Å². The molecule has 1 rings (SSSR count). The second-order valence-electron chi connectivity index (χ2n) is 4.27. The zero-order valence-corrected chi connectivity index (χ0v) is 10.7. The summed E-state index contributed by atoms with van der Waals surface area (Å²) in [6, 6.07) is 6.40. The van der Waals surface area contributed by atoms with Crippen LogP contribution in [0.4, 0.5) is 0 Å². The van der Waals surface area contributed by atoms with Gasteiger partial charge >= 0.3 is 0 Å². The molecular formula is C13H19N3O2. The molecule has 1 aromatic rings. The maximum absolute atomic E-state index is 11.8. The van der Waals surface area contributed by atoms with E-state index in [1.807, 2.05) is 6.92 Å². The van der Waals surface area contributed by atoms with Crippen molar-refractivity contribution in [3.8, 4) is 0 Å². The van der Waals surface area contributed by atoms with E-state index < -0.39 is 11.9 Å². The van der Waals surface area contributed by atoms with E-state index in [0.717, 1.165) is 5.56 Å². The van der Waals surface area contributed by atoms with E-state index >= 15 is 0 Å². The molecule has 1 aromatic carbocycles. The lowest BCUT2D eigenvalue weighted by Gasteiger charge is -2.20. The summed E-state index contributed by atoms with van der Waals surface area (Å²) >= 11 is 0. The van der Waals surface area contributed by atoms with E-state index in [4.69, 9.17) is 11.5 Å². The van der Waals surface area contributed by atoms with Crippen molar-refractivity contribution >= 4 is 11.8 Å². The highest BCUT2D eigenvalue weighted by molar-refractivity contribution is 5.92. The molecule has 0 aliphatic heterocycles. The fourth-order valence-corrected chi connectivity index (χ4v) is 1.58. The Morgan fingerprint density at radius 2 is 1.83 bits per heavy atom. The summed E-state index contributed by atoms with van der Waals surface area (Å²) in [7, 11) is 1.71. The molecule has 0 saturated carbocycles. The van der Waals surface area contributed by atoms with Crippen LogP contribution in [0.5, 0.6) is 0 Å². The Morgan fingerprint density at radius 3 is 2.28 bits per heavy atom. The van der Waals surface area contributed by atoms with E-state index in [9.17, 15) is 9.59 Å². The molecule has 98 valence electrons. The Balaban J connectivity index is 2.67. The lowest BCUT2D eigenvalue weighted by Crippen LogP contribution is -2.40. The number of amides is 2. The van der Waals surface area contributed by atoms with Crippen molar-refractivity contribution in [2.75, 3.05) is 7.05 Å². The minimum atomic E-state index is -0.459. The normalized spacial score (nSPS) is 11.9. The second kappa shape index (κ2) is 6.16. The number of rotatable bonds is 5. The third-order valence-electron chi connectivity index (χ3n) is 2.79. The SMILES string of the molecule is CC[C@@H](N)C(=O)N(C)Cc1ccc(C(N)=O)cc1. The lowest BCUT2D eigenvalue weighted by molar-refractivity contribution is -0.131. The maximum Gasteiger partial charge on any atom is 0.248 e. The molecule has 0 saturated heterocycles. The molecule has 0 heterocycles. The summed E-state index contributed by atoms with van der Waals surface area (Å²) < 4.78 is 0. The van der Waals surface area contributed by atoms with Gasteiger partial charge in [0.25, 0.3) is 0 Å². The van der Waals surface area contributed by atoms with Crippen molar-refractivity contribution in [1.29, 1.82) is 0 Å². The summed E-state index contributed by atoms with van der Waals surface area (Å²) in [6.07, 6.45) is 0.615. The van der Waals surface area contributed by atoms with Crippen molar-refractivity contribution in [3.63, 3.8) is 0 Å². The average molecular weight is 249 g/mol. The van der Waals surface area contributed by atoms with Crippen LogP contribution in [0.15, 0.2) is 24.3 Å². The van der Waals surface area contributed by atoms with Gasteiger partial charge in [-0.25, -0.2) is 0 Å². The van der Waals surface area contributed by atoms with Crippen LogP contribution in [0.1, 0.15) is 29.3 Å². The van der Waals surface area contributed by atoms with Crippen LogP contribution >= 0.6 is 0 Å². The van der Waals surface area contributed by atoms with Crippen molar-refractivity contribution in [1.82, 2.24) is 4.90 Å². The largest absolute Gasteiger partial charge is 0.366 e. The summed E-state index contributed by atoms with van der Waals surface area (Å²) in [4.78, 5) is 24.3. The molecule has 0 spiro atoms. The van der Waals surface area contributed by atoms with Gasteiger partial charge in [-0.15, -0.1) is 0 Å². The Kier molecular flexibility index (Phi) is 4.85. The van der Waals surface area contributed by atoms with Crippen molar-refractivity contribution in [2.45, 2.75) is 25.9 Å². The van der Waals surface area contributed by atoms with Crippen LogP contribution in [-0.2, 0) is 11.3 Å². The van der Waals surface area contributed by atoms with Gasteiger partial charge in [0, 0.05) is 19.2 Å². The van der Waals surface area contributed by atoms with E-state index in [0.29, 0.717) is 18.5 Å². The molecule has 0 bridgehead atoms. The number of nitrogens with two attached hydrogens (primary N) is 2. The van der Waals surface area contributed by atoms with Gasteiger partial charge in [0.1, 0.15) is 0 Å². The number of nitrogens with zero attached hydrogens (tertiary/aromatic N) is 1. The minimum Gasteiger partial charge on any atom is -0.366 e. The third kappa shape index (κ3) is 3.56. The van der Waals surface area contributed by atoms with Gasteiger partial charge in [-0.2, -0.15) is 0 Å². The number of likely N-dealkylation sites (N-methyl/N-ethyl adjacent to an activating group) is 1. The van der Waals surface area contributed by atoms with Crippen LogP contribution < -0.4 is 11.5 Å². The van der Waals surface area contributed by atoms with Gasteiger partial charge < -0.3 is 16.4 Å². The topological polar surface area (TPSA) is 89.4 Å². The minimum absolute atomic E-state index is 0.0866. The van der Waals surface area contributed by atoms with Crippen LogP contribution in [0.3, 0.4) is 0 Å². The number of hydrogen-bond acceptors (Lipinski definition) is 3. The van der Waals surface area contributed by atoms with Crippen LogP contribution in [0.25, 0.3) is 0 Å². The first kappa shape index (κ1) is 14.2. The molecule has 0 aromatic heterocycles. The first-order valence-electron chi connectivity index (χ1n) is 5.85. The fraction of sp³-hybridized carbons (Fsp3) is 0.385. The molecule has 0 aliphatic carbocycles. The Hall–Kier alpha value is -1.88. The molecule has 5 nitrogen and oxygen atoms in total. The van der Waals surface area contributed by atoms with E-state index in [1.54, 1.807) is 36.2 Å². The smallest absolute Gasteiger partial charge is 0.248 e. The molecule has 0 fully saturated rings. The molecule has 18 heavy (non-hydrogen) atoms. The lowest BCUT2D eigenvalue weighted by atomic mass is 10.1. The average Bonchev–Trinajstić information content (AvgIpc) is 2.37. The van der Waals surface area contributed by atoms with Gasteiger partial charge in [0.15, 0.2) is 0 Å². The van der Waals surface area contributed by atoms with Crippen molar-refractivity contribution in [2.24, 2.45) is 11.5 Å². The molecule has 4 N–H and O–H groups in total. The third-order valence-corrected chi connectivity index (χ3v) is 2.79. The Bertz CT molecular complexity index is 428. The van der Waals surface area contributed by atoms with Gasteiger partial charge in [0.05, 0.1) is 6.04 Å². The molecule has 0 unspecified atom stereocenters. The predicted molar refractivity (Wildman–Crippen MR) is 69.7 cm³/mol. The standard InChI is InChI=1S/C13H19N3O2/c1-3-11(14)13(18)16(2)8-9-4-6-10(7-5-9)12(15)17/h4-7,11H,3,8,14H2,1-2H3,(H2,15,17)/t11-/m1/s1. The zero-order valence-electron chi connectivity index (χ0n) is 10.7. The van der Waals surface area contributed by atoms with Crippen LogP contribution in [0.2, 0.25) is 0 Å². The summed E-state index contributed by atoms with van der Waals surface area (Å²) in [6.45, 7) is 2.34. The number of benzene rings is 1. The molecule has 1 atom stereocenters. The highest BCUT2D eigenvalue weighted by Gasteiger charge is 2.16. The van der Waals surface area contributed by atoms with E-state index in [1.165, 1.54) is 0 Å². The summed E-state index contributed by atoms with van der Waals surface area (Å²) in [5, 5.41) is 0. The monoisotopic (exact) mass is 249 g/mol. The van der Waals surface area contributed by atoms with Crippen LogP contribution in [-0.4, -0.2) is 29.8 Å².